The van der Waals surface area contributed by atoms with E-state index in [9.17, 15) is 13.2 Å². The van der Waals surface area contributed by atoms with Crippen molar-refractivity contribution in [1.29, 1.82) is 0 Å². The molecule has 2 aromatic rings. The van der Waals surface area contributed by atoms with Gasteiger partial charge in [0.2, 0.25) is 0 Å². The summed E-state index contributed by atoms with van der Waals surface area (Å²) < 4.78 is 27.4. The normalized spacial score (nSPS) is 22.0. The van der Waals surface area contributed by atoms with Gasteiger partial charge in [-0.25, -0.2) is 18.1 Å². The summed E-state index contributed by atoms with van der Waals surface area (Å²) >= 11 is 0. The molecule has 1 saturated heterocycles. The topological polar surface area (TPSA) is 99.7 Å². The van der Waals surface area contributed by atoms with Gasteiger partial charge in [0.15, 0.2) is 21.4 Å². The Labute approximate surface area is 152 Å². The van der Waals surface area contributed by atoms with Crippen molar-refractivity contribution in [3.8, 4) is 0 Å². The molecule has 0 spiro atoms. The van der Waals surface area contributed by atoms with Gasteiger partial charge < -0.3 is 0 Å². The van der Waals surface area contributed by atoms with Crippen LogP contribution in [0.1, 0.15) is 71.5 Å². The van der Waals surface area contributed by atoms with Crippen LogP contribution in [0.15, 0.2) is 0 Å². The monoisotopic (exact) mass is 377 g/mol. The SMILES string of the molecule is CC(=O)c1c(C)nn(Cc2nc(C3CC3)nn2C2CCS(=O)(=O)C2)c1C. The number of carbonyl (C=O) groups excluding carboxylic acids is 1. The predicted molar refractivity (Wildman–Crippen MR) is 95.1 cm³/mol. The molecule has 26 heavy (non-hydrogen) atoms. The summed E-state index contributed by atoms with van der Waals surface area (Å²) in [5.74, 6) is 2.22. The van der Waals surface area contributed by atoms with Gasteiger partial charge in [0.1, 0.15) is 12.4 Å². The van der Waals surface area contributed by atoms with Crippen molar-refractivity contribution in [2.24, 2.45) is 0 Å². The van der Waals surface area contributed by atoms with E-state index in [0.29, 0.717) is 30.1 Å². The third kappa shape index (κ3) is 3.08. The average Bonchev–Trinajstić information content (AvgIpc) is 3.12. The van der Waals surface area contributed by atoms with Crippen LogP contribution in [0.4, 0.5) is 0 Å². The van der Waals surface area contributed by atoms with Crippen LogP contribution in [-0.4, -0.2) is 50.3 Å². The lowest BCUT2D eigenvalue weighted by molar-refractivity contribution is 0.101. The summed E-state index contributed by atoms with van der Waals surface area (Å²) in [4.78, 5) is 16.5. The zero-order valence-electron chi connectivity index (χ0n) is 15.3. The molecule has 0 radical (unpaired) electrons. The first-order chi connectivity index (χ1) is 12.2. The molecule has 1 aliphatic heterocycles. The van der Waals surface area contributed by atoms with Crippen molar-refractivity contribution in [2.45, 2.75) is 58.5 Å². The molecule has 1 saturated carbocycles. The van der Waals surface area contributed by atoms with Crippen molar-refractivity contribution in [2.75, 3.05) is 11.5 Å². The minimum atomic E-state index is -3.01. The zero-order valence-corrected chi connectivity index (χ0v) is 16.1. The maximum Gasteiger partial charge on any atom is 0.163 e. The standard InChI is InChI=1S/C17H23N5O3S/c1-10-16(12(3)23)11(2)21(19-10)8-15-18-17(13-4-5-13)20-22(15)14-6-7-26(24,25)9-14/h13-14H,4-9H2,1-3H3. The summed E-state index contributed by atoms with van der Waals surface area (Å²) in [6, 6.07) is -0.167. The average molecular weight is 377 g/mol. The Bertz CT molecular complexity index is 984. The number of sulfone groups is 1. The Hall–Kier alpha value is -2.03. The van der Waals surface area contributed by atoms with Gasteiger partial charge in [0.25, 0.3) is 0 Å². The molecule has 1 unspecified atom stereocenters. The maximum atomic E-state index is 11.9. The quantitative estimate of drug-likeness (QED) is 0.734. The molecule has 0 amide bonds. The molecular formula is C17H23N5O3S. The number of carbonyl (C=O) groups is 1. The van der Waals surface area contributed by atoms with E-state index in [1.807, 2.05) is 13.8 Å². The molecule has 2 aliphatic rings. The number of nitrogens with zero attached hydrogens (tertiary/aromatic N) is 5. The number of aromatic nitrogens is 5. The van der Waals surface area contributed by atoms with Crippen molar-refractivity contribution in [1.82, 2.24) is 24.5 Å². The van der Waals surface area contributed by atoms with Gasteiger partial charge in [-0.15, -0.1) is 0 Å². The Morgan fingerprint density at radius 3 is 2.46 bits per heavy atom. The summed E-state index contributed by atoms with van der Waals surface area (Å²) in [5, 5.41) is 9.13. The molecule has 1 atom stereocenters. The molecule has 1 aliphatic carbocycles. The first kappa shape index (κ1) is 17.4. The molecule has 140 valence electrons. The van der Waals surface area contributed by atoms with Crippen molar-refractivity contribution < 1.29 is 13.2 Å². The third-order valence-corrected chi connectivity index (χ3v) is 6.99. The first-order valence-electron chi connectivity index (χ1n) is 8.96. The van der Waals surface area contributed by atoms with E-state index < -0.39 is 9.84 Å². The van der Waals surface area contributed by atoms with Crippen LogP contribution in [0, 0.1) is 13.8 Å². The third-order valence-electron chi connectivity index (χ3n) is 5.24. The molecule has 0 bridgehead atoms. The van der Waals surface area contributed by atoms with Gasteiger partial charge in [-0.3, -0.25) is 9.48 Å². The number of aryl methyl sites for hydroxylation is 1. The summed E-state index contributed by atoms with van der Waals surface area (Å²) in [6.45, 7) is 5.62. The number of Topliss-reactive ketones (excluding diaryl/α,β-unsaturated/α-hetero) is 1. The van der Waals surface area contributed by atoms with Crippen LogP contribution >= 0.6 is 0 Å². The molecule has 2 fully saturated rings. The Morgan fingerprint density at radius 1 is 1.19 bits per heavy atom. The lowest BCUT2D eigenvalue weighted by atomic mass is 10.1. The van der Waals surface area contributed by atoms with E-state index in [4.69, 9.17) is 4.98 Å². The van der Waals surface area contributed by atoms with Gasteiger partial charge >= 0.3 is 0 Å². The second kappa shape index (κ2) is 6.00. The number of ketones is 1. The highest BCUT2D eigenvalue weighted by atomic mass is 32.2. The van der Waals surface area contributed by atoms with E-state index in [1.165, 1.54) is 0 Å². The molecule has 4 rings (SSSR count). The highest BCUT2D eigenvalue weighted by Crippen LogP contribution is 2.39. The molecule has 8 nitrogen and oxygen atoms in total. The molecule has 2 aromatic heterocycles. The lowest BCUT2D eigenvalue weighted by Gasteiger charge is -2.12. The Morgan fingerprint density at radius 2 is 1.92 bits per heavy atom. The number of hydrogen-bond acceptors (Lipinski definition) is 6. The minimum absolute atomic E-state index is 0.00623. The van der Waals surface area contributed by atoms with Gasteiger partial charge in [-0.2, -0.15) is 10.2 Å². The Balaban J connectivity index is 1.70. The fraction of sp³-hybridized carbons (Fsp3) is 0.647. The van der Waals surface area contributed by atoms with E-state index >= 15 is 0 Å². The maximum absolute atomic E-state index is 11.9. The second-order valence-corrected chi connectivity index (χ2v) is 9.65. The summed E-state index contributed by atoms with van der Waals surface area (Å²) in [7, 11) is -3.01. The molecule has 9 heteroatoms. The highest BCUT2D eigenvalue weighted by molar-refractivity contribution is 7.91. The van der Waals surface area contributed by atoms with Crippen LogP contribution in [0.2, 0.25) is 0 Å². The van der Waals surface area contributed by atoms with Crippen LogP contribution in [0.25, 0.3) is 0 Å². The van der Waals surface area contributed by atoms with Crippen LogP contribution in [-0.2, 0) is 16.4 Å². The van der Waals surface area contributed by atoms with E-state index in [0.717, 1.165) is 30.2 Å². The van der Waals surface area contributed by atoms with E-state index in [1.54, 1.807) is 16.3 Å². The van der Waals surface area contributed by atoms with Crippen molar-refractivity contribution >= 4 is 15.6 Å². The Kier molecular flexibility index (Phi) is 4.02. The number of hydrogen-bond donors (Lipinski definition) is 0. The lowest BCUT2D eigenvalue weighted by Crippen LogP contribution is -2.18. The summed E-state index contributed by atoms with van der Waals surface area (Å²) in [5.41, 5.74) is 2.14. The van der Waals surface area contributed by atoms with Crippen molar-refractivity contribution in [3.05, 3.63) is 28.6 Å². The van der Waals surface area contributed by atoms with Gasteiger partial charge in [0.05, 0.1) is 28.8 Å². The van der Waals surface area contributed by atoms with Gasteiger partial charge in [-0.1, -0.05) is 0 Å². The fourth-order valence-corrected chi connectivity index (χ4v) is 5.44. The van der Waals surface area contributed by atoms with Gasteiger partial charge in [-0.05, 0) is 40.0 Å². The smallest absolute Gasteiger partial charge is 0.163 e. The van der Waals surface area contributed by atoms with Crippen molar-refractivity contribution in [3.63, 3.8) is 0 Å². The zero-order chi connectivity index (χ0) is 18.6. The minimum Gasteiger partial charge on any atom is -0.294 e. The first-order valence-corrected chi connectivity index (χ1v) is 10.8. The van der Waals surface area contributed by atoms with Gasteiger partial charge in [0, 0.05) is 11.6 Å². The van der Waals surface area contributed by atoms with Crippen LogP contribution < -0.4 is 0 Å². The van der Waals surface area contributed by atoms with Crippen LogP contribution in [0.3, 0.4) is 0 Å². The molecule has 0 N–H and O–H groups in total. The second-order valence-electron chi connectivity index (χ2n) is 7.42. The highest BCUT2D eigenvalue weighted by Gasteiger charge is 2.35. The fourth-order valence-electron chi connectivity index (χ4n) is 3.75. The largest absolute Gasteiger partial charge is 0.294 e. The number of rotatable bonds is 5. The van der Waals surface area contributed by atoms with Crippen LogP contribution in [0.5, 0.6) is 0 Å². The molecular weight excluding hydrogens is 354 g/mol. The van der Waals surface area contributed by atoms with E-state index in [2.05, 4.69) is 10.2 Å². The molecule has 0 aromatic carbocycles. The molecule has 3 heterocycles. The summed E-state index contributed by atoms with van der Waals surface area (Å²) in [6.07, 6.45) is 2.74. The predicted octanol–water partition coefficient (Wildman–Crippen LogP) is 1.58. The van der Waals surface area contributed by atoms with E-state index in [-0.39, 0.29) is 23.3 Å².